The molecule has 0 saturated heterocycles. The van der Waals surface area contributed by atoms with Crippen LogP contribution in [0.4, 0.5) is 13.2 Å². The second-order valence-corrected chi connectivity index (χ2v) is 8.91. The molecule has 178 valence electrons. The van der Waals surface area contributed by atoms with Crippen molar-refractivity contribution in [1.82, 2.24) is 25.2 Å². The SMILES string of the molecule is O=C(CSc1nnc(-c2ccncc2)n1-c1ccc(Br)cc1)N/N=C\c1ccc(C(F)(F)F)cc1. The summed E-state index contributed by atoms with van der Waals surface area (Å²) in [6, 6.07) is 15.7. The fourth-order valence-electron chi connectivity index (χ4n) is 2.97. The molecular weight excluding hydrogens is 545 g/mol. The van der Waals surface area contributed by atoms with Gasteiger partial charge in [-0.05, 0) is 54.1 Å². The maximum Gasteiger partial charge on any atom is 0.416 e. The number of halogens is 4. The van der Waals surface area contributed by atoms with Gasteiger partial charge in [0.2, 0.25) is 0 Å². The van der Waals surface area contributed by atoms with Crippen LogP contribution in [0.2, 0.25) is 0 Å². The van der Waals surface area contributed by atoms with Gasteiger partial charge in [-0.25, -0.2) is 5.43 Å². The summed E-state index contributed by atoms with van der Waals surface area (Å²) < 4.78 is 40.7. The lowest BCUT2D eigenvalue weighted by Crippen LogP contribution is -2.20. The third-order valence-electron chi connectivity index (χ3n) is 4.63. The van der Waals surface area contributed by atoms with Crippen LogP contribution in [-0.4, -0.2) is 37.6 Å². The normalized spacial score (nSPS) is 11.7. The van der Waals surface area contributed by atoms with E-state index in [4.69, 9.17) is 0 Å². The number of benzene rings is 2. The number of carbonyl (C=O) groups excluding carboxylic acids is 1. The number of carbonyl (C=O) groups is 1. The first-order chi connectivity index (χ1) is 16.8. The summed E-state index contributed by atoms with van der Waals surface area (Å²) in [5.41, 5.74) is 3.66. The van der Waals surface area contributed by atoms with E-state index < -0.39 is 17.6 Å². The fourth-order valence-corrected chi connectivity index (χ4v) is 3.98. The summed E-state index contributed by atoms with van der Waals surface area (Å²) >= 11 is 4.59. The molecule has 4 aromatic rings. The molecule has 1 N–H and O–H groups in total. The van der Waals surface area contributed by atoms with Gasteiger partial charge in [-0.2, -0.15) is 18.3 Å². The average molecular weight is 561 g/mol. The number of hydrogen-bond acceptors (Lipinski definition) is 6. The number of hydrogen-bond donors (Lipinski definition) is 1. The first-order valence-electron chi connectivity index (χ1n) is 10.0. The molecule has 35 heavy (non-hydrogen) atoms. The Morgan fingerprint density at radius 2 is 1.71 bits per heavy atom. The largest absolute Gasteiger partial charge is 0.416 e. The molecule has 0 bridgehead atoms. The predicted molar refractivity (Wildman–Crippen MR) is 130 cm³/mol. The van der Waals surface area contributed by atoms with Crippen molar-refractivity contribution in [2.45, 2.75) is 11.3 Å². The molecule has 0 spiro atoms. The molecule has 1 amide bonds. The molecular formula is C23H16BrF3N6OS. The standard InChI is InChI=1S/C23H16BrF3N6OS/c24-18-5-7-19(8-6-18)33-21(16-9-11-28-12-10-16)31-32-22(33)35-14-20(34)30-29-13-15-1-3-17(4-2-15)23(25,26)27/h1-13H,14H2,(H,30,34)/b29-13-. The van der Waals surface area contributed by atoms with E-state index in [-0.39, 0.29) is 5.75 Å². The van der Waals surface area contributed by atoms with E-state index in [0.717, 1.165) is 27.9 Å². The van der Waals surface area contributed by atoms with Gasteiger partial charge in [-0.1, -0.05) is 39.8 Å². The Bertz CT molecular complexity index is 1330. The van der Waals surface area contributed by atoms with Crippen LogP contribution in [0.3, 0.4) is 0 Å². The van der Waals surface area contributed by atoms with E-state index >= 15 is 0 Å². The molecule has 0 unspecified atom stereocenters. The van der Waals surface area contributed by atoms with Gasteiger partial charge in [0.25, 0.3) is 5.91 Å². The van der Waals surface area contributed by atoms with Crippen LogP contribution < -0.4 is 5.43 Å². The molecule has 2 aromatic heterocycles. The molecule has 0 atom stereocenters. The summed E-state index contributed by atoms with van der Waals surface area (Å²) in [4.78, 5) is 16.3. The second kappa shape index (κ2) is 10.8. The van der Waals surface area contributed by atoms with Gasteiger partial charge in [0.15, 0.2) is 11.0 Å². The van der Waals surface area contributed by atoms with Gasteiger partial charge in [0, 0.05) is 28.1 Å². The Morgan fingerprint density at radius 3 is 2.37 bits per heavy atom. The van der Waals surface area contributed by atoms with Crippen molar-refractivity contribution in [2.75, 3.05) is 5.75 Å². The van der Waals surface area contributed by atoms with Crippen LogP contribution in [0.1, 0.15) is 11.1 Å². The van der Waals surface area contributed by atoms with E-state index in [9.17, 15) is 18.0 Å². The van der Waals surface area contributed by atoms with E-state index in [1.165, 1.54) is 30.1 Å². The molecule has 4 rings (SSSR count). The summed E-state index contributed by atoms with van der Waals surface area (Å²) in [6.45, 7) is 0. The molecule has 0 aliphatic rings. The van der Waals surface area contributed by atoms with E-state index in [2.05, 4.69) is 41.6 Å². The average Bonchev–Trinajstić information content (AvgIpc) is 3.27. The number of aromatic nitrogens is 4. The molecule has 0 aliphatic carbocycles. The first-order valence-corrected chi connectivity index (χ1v) is 11.8. The Labute approximate surface area is 210 Å². The van der Waals surface area contributed by atoms with Crippen LogP contribution in [0, 0.1) is 0 Å². The Kier molecular flexibility index (Phi) is 7.61. The fraction of sp³-hybridized carbons (Fsp3) is 0.0870. The minimum Gasteiger partial charge on any atom is -0.272 e. The van der Waals surface area contributed by atoms with Gasteiger partial charge >= 0.3 is 6.18 Å². The summed E-state index contributed by atoms with van der Waals surface area (Å²) in [5, 5.41) is 12.9. The van der Waals surface area contributed by atoms with Crippen molar-refractivity contribution < 1.29 is 18.0 Å². The van der Waals surface area contributed by atoms with E-state index in [0.29, 0.717) is 16.5 Å². The van der Waals surface area contributed by atoms with Gasteiger partial charge in [-0.15, -0.1) is 10.2 Å². The predicted octanol–water partition coefficient (Wildman–Crippen LogP) is 5.35. The zero-order valence-electron chi connectivity index (χ0n) is 17.8. The van der Waals surface area contributed by atoms with E-state index in [1.807, 2.05) is 41.0 Å². The molecule has 2 aromatic carbocycles. The minimum absolute atomic E-state index is 0.00461. The lowest BCUT2D eigenvalue weighted by molar-refractivity contribution is -0.137. The topological polar surface area (TPSA) is 85.1 Å². The minimum atomic E-state index is -4.41. The third kappa shape index (κ3) is 6.34. The lowest BCUT2D eigenvalue weighted by atomic mass is 10.1. The Morgan fingerprint density at radius 1 is 1.03 bits per heavy atom. The monoisotopic (exact) mass is 560 g/mol. The van der Waals surface area contributed by atoms with Crippen molar-refractivity contribution in [3.05, 3.63) is 88.7 Å². The zero-order valence-corrected chi connectivity index (χ0v) is 20.2. The second-order valence-electron chi connectivity index (χ2n) is 7.06. The lowest BCUT2D eigenvalue weighted by Gasteiger charge is -2.10. The van der Waals surface area contributed by atoms with Gasteiger partial charge in [0.1, 0.15) is 0 Å². The Hall–Kier alpha value is -3.51. The van der Waals surface area contributed by atoms with Crippen LogP contribution in [-0.2, 0) is 11.0 Å². The maximum atomic E-state index is 12.6. The Balaban J connectivity index is 1.44. The summed E-state index contributed by atoms with van der Waals surface area (Å²) in [7, 11) is 0. The van der Waals surface area contributed by atoms with Crippen molar-refractivity contribution in [2.24, 2.45) is 5.10 Å². The number of amides is 1. The highest BCUT2D eigenvalue weighted by Gasteiger charge is 2.29. The van der Waals surface area contributed by atoms with Crippen molar-refractivity contribution in [3.63, 3.8) is 0 Å². The van der Waals surface area contributed by atoms with Crippen molar-refractivity contribution in [3.8, 4) is 17.1 Å². The highest BCUT2D eigenvalue weighted by Crippen LogP contribution is 2.29. The zero-order chi connectivity index (χ0) is 24.8. The quantitative estimate of drug-likeness (QED) is 0.187. The molecule has 0 fully saturated rings. The first kappa shape index (κ1) is 24.6. The number of rotatable bonds is 7. The van der Waals surface area contributed by atoms with Crippen LogP contribution >= 0.6 is 27.7 Å². The van der Waals surface area contributed by atoms with Crippen molar-refractivity contribution in [1.29, 1.82) is 0 Å². The summed E-state index contributed by atoms with van der Waals surface area (Å²) in [5.74, 6) is 0.182. The molecule has 0 aliphatic heterocycles. The molecule has 0 radical (unpaired) electrons. The third-order valence-corrected chi connectivity index (χ3v) is 6.09. The molecule has 0 saturated carbocycles. The number of pyridine rings is 1. The van der Waals surface area contributed by atoms with Crippen LogP contribution in [0.25, 0.3) is 17.1 Å². The van der Waals surface area contributed by atoms with Gasteiger partial charge < -0.3 is 0 Å². The molecule has 12 heteroatoms. The maximum absolute atomic E-state index is 12.6. The van der Waals surface area contributed by atoms with Crippen LogP contribution in [0.15, 0.2) is 87.8 Å². The van der Waals surface area contributed by atoms with Crippen LogP contribution in [0.5, 0.6) is 0 Å². The molecule has 2 heterocycles. The highest BCUT2D eigenvalue weighted by molar-refractivity contribution is 9.10. The highest BCUT2D eigenvalue weighted by atomic mass is 79.9. The number of nitrogens with zero attached hydrogens (tertiary/aromatic N) is 5. The van der Waals surface area contributed by atoms with Gasteiger partial charge in [0.05, 0.1) is 17.5 Å². The molecule has 7 nitrogen and oxygen atoms in total. The smallest absolute Gasteiger partial charge is 0.272 e. The van der Waals surface area contributed by atoms with Gasteiger partial charge in [-0.3, -0.25) is 14.3 Å². The number of alkyl halides is 3. The number of hydrazone groups is 1. The van der Waals surface area contributed by atoms with Crippen molar-refractivity contribution >= 4 is 39.8 Å². The number of thioether (sulfide) groups is 1. The number of nitrogens with one attached hydrogen (secondary N) is 1. The summed E-state index contributed by atoms with van der Waals surface area (Å²) in [6.07, 6.45) is 0.180. The van der Waals surface area contributed by atoms with E-state index in [1.54, 1.807) is 12.4 Å².